The first kappa shape index (κ1) is 53.8. The van der Waals surface area contributed by atoms with Gasteiger partial charge in [0.15, 0.2) is 0 Å². The Labute approximate surface area is 446 Å². The molecule has 382 valence electrons. The number of nitrogens with zero attached hydrogens (tertiary/aromatic N) is 6. The molecule has 23 heteroatoms. The summed E-state index contributed by atoms with van der Waals surface area (Å²) < 4.78 is 27.0. The summed E-state index contributed by atoms with van der Waals surface area (Å²) in [5, 5.41) is 19.7. The Hall–Kier alpha value is -7.94. The molecule has 74 heavy (non-hydrogen) atoms. The summed E-state index contributed by atoms with van der Waals surface area (Å²) in [6.45, 7) is 9.72. The average Bonchev–Trinajstić information content (AvgIpc) is 3.85. The summed E-state index contributed by atoms with van der Waals surface area (Å²) >= 11 is 26.2. The number of amides is 2. The summed E-state index contributed by atoms with van der Waals surface area (Å²) in [6.07, 6.45) is 8.58. The third-order valence-electron chi connectivity index (χ3n) is 11.0. The minimum atomic E-state index is -0.320. The summed E-state index contributed by atoms with van der Waals surface area (Å²) in [6, 6.07) is 19.2. The first-order valence-corrected chi connectivity index (χ1v) is 23.7. The molecular formula is C51H48Cl4N12O7. The molecule has 3 aromatic carbocycles. The summed E-state index contributed by atoms with van der Waals surface area (Å²) in [5.74, 6) is 2.95. The Bertz CT molecular complexity index is 3150. The highest BCUT2D eigenvalue weighted by atomic mass is 35.5. The zero-order valence-corrected chi connectivity index (χ0v) is 43.4. The van der Waals surface area contributed by atoms with Crippen LogP contribution in [0.4, 0.5) is 46.0 Å². The number of rotatable bonds is 18. The van der Waals surface area contributed by atoms with Crippen LogP contribution < -0.4 is 50.8 Å². The molecule has 2 amide bonds. The molecule has 4 aromatic heterocycles. The number of carbonyl (C=O) groups excluding carboxylic acids is 2. The van der Waals surface area contributed by atoms with Crippen LogP contribution in [0.5, 0.6) is 23.0 Å². The smallest absolute Gasteiger partial charge is 0.247 e. The van der Waals surface area contributed by atoms with Crippen molar-refractivity contribution < 1.29 is 33.3 Å². The zero-order chi connectivity index (χ0) is 52.9. The molecule has 1 fully saturated rings. The summed E-state index contributed by atoms with van der Waals surface area (Å²) in [4.78, 5) is 50.1. The number of benzene rings is 3. The van der Waals surface area contributed by atoms with Gasteiger partial charge in [0, 0.05) is 47.8 Å². The molecule has 8 rings (SSSR count). The fraction of sp³-hybridized carbons (Fsp3) is 0.176. The van der Waals surface area contributed by atoms with Crippen molar-refractivity contribution in [3.63, 3.8) is 0 Å². The lowest BCUT2D eigenvalue weighted by Gasteiger charge is -2.20. The monoisotopic (exact) mass is 1080 g/mol. The highest BCUT2D eigenvalue weighted by Gasteiger charge is 2.30. The van der Waals surface area contributed by atoms with Crippen LogP contribution in [0.2, 0.25) is 20.1 Å². The average molecular weight is 1080 g/mol. The maximum atomic E-state index is 11.9. The van der Waals surface area contributed by atoms with Crippen molar-refractivity contribution in [3.05, 3.63) is 143 Å². The van der Waals surface area contributed by atoms with Gasteiger partial charge in [0.1, 0.15) is 79.0 Å². The number of anilines is 8. The number of para-hydroxylation sites is 1. The third kappa shape index (κ3) is 12.6. The molecule has 1 saturated heterocycles. The van der Waals surface area contributed by atoms with Gasteiger partial charge < -0.3 is 55.6 Å². The quantitative estimate of drug-likeness (QED) is 0.0439. The normalized spacial score (nSPS) is 13.5. The molecule has 1 aliphatic heterocycles. The number of aromatic nitrogens is 6. The van der Waals surface area contributed by atoms with Crippen molar-refractivity contribution in [1.82, 2.24) is 35.2 Å². The van der Waals surface area contributed by atoms with Gasteiger partial charge in [-0.1, -0.05) is 71.7 Å². The highest BCUT2D eigenvalue weighted by Crippen LogP contribution is 2.47. The van der Waals surface area contributed by atoms with E-state index in [0.717, 1.165) is 5.56 Å². The van der Waals surface area contributed by atoms with E-state index in [1.54, 1.807) is 54.9 Å². The second kappa shape index (κ2) is 25.1. The van der Waals surface area contributed by atoms with Crippen LogP contribution >= 0.6 is 46.4 Å². The van der Waals surface area contributed by atoms with Crippen LogP contribution in [-0.2, 0) is 14.3 Å². The standard InChI is InChI=1S/C27H24Cl2N6O3.C24H24Cl2N6O4/c1-5-22(36)33-17-10-6-8-15(2)25(17)34-21-12-18(31-14-32-21)16-9-7-11-30-27(16)35-26-23(28)19(37-3)13-20(38-4)24(26)29;1-4-20(33)31-16-11-36-10-15(16)30-19-8-14(28-12-29-19)13-6-5-7-27-24(13)32-23-21(25)17(34-2)9-18(35-3)22(23)26/h5-14H,1H2,2-4H3,(H,30,35)(H,33,36)(H,31,32,34);4-9,12,15-16H,1,10-11H2,2-3H3,(H,27,32)(H,31,33)(H,28,29,30)/t;15-,16+/m.1/s1. The second-order valence-corrected chi connectivity index (χ2v) is 17.1. The van der Waals surface area contributed by atoms with Gasteiger partial charge >= 0.3 is 0 Å². The van der Waals surface area contributed by atoms with E-state index in [1.165, 1.54) is 53.2 Å². The van der Waals surface area contributed by atoms with Gasteiger partial charge in [-0.05, 0) is 55.0 Å². The van der Waals surface area contributed by atoms with Crippen molar-refractivity contribution in [3.8, 4) is 45.5 Å². The van der Waals surface area contributed by atoms with Crippen molar-refractivity contribution >= 4 is 104 Å². The Morgan fingerprint density at radius 1 is 0.595 bits per heavy atom. The lowest BCUT2D eigenvalue weighted by Crippen LogP contribution is -2.45. The van der Waals surface area contributed by atoms with Gasteiger partial charge in [-0.15, -0.1) is 0 Å². The van der Waals surface area contributed by atoms with Crippen LogP contribution in [0.3, 0.4) is 0 Å². The van der Waals surface area contributed by atoms with E-state index < -0.39 is 0 Å². The van der Waals surface area contributed by atoms with E-state index in [-0.39, 0.29) is 44.0 Å². The van der Waals surface area contributed by atoms with Crippen molar-refractivity contribution in [2.24, 2.45) is 0 Å². The van der Waals surface area contributed by atoms with E-state index in [2.05, 4.69) is 75.0 Å². The summed E-state index contributed by atoms with van der Waals surface area (Å²) in [5.41, 5.74) is 5.46. The molecule has 0 spiro atoms. The van der Waals surface area contributed by atoms with Crippen LogP contribution in [0.1, 0.15) is 5.56 Å². The van der Waals surface area contributed by atoms with E-state index in [1.807, 2.05) is 31.2 Å². The number of nitrogens with one attached hydrogen (secondary N) is 6. The minimum Gasteiger partial charge on any atom is -0.495 e. The molecule has 0 saturated carbocycles. The van der Waals surface area contributed by atoms with Gasteiger partial charge in [-0.2, -0.15) is 0 Å². The van der Waals surface area contributed by atoms with Gasteiger partial charge in [0.25, 0.3) is 0 Å². The first-order chi connectivity index (χ1) is 35.8. The minimum absolute atomic E-state index is 0.176. The van der Waals surface area contributed by atoms with Crippen LogP contribution in [0, 0.1) is 6.92 Å². The predicted molar refractivity (Wildman–Crippen MR) is 290 cm³/mol. The van der Waals surface area contributed by atoms with Crippen molar-refractivity contribution in [2.45, 2.75) is 19.0 Å². The number of halogens is 4. The molecule has 0 unspecified atom stereocenters. The zero-order valence-electron chi connectivity index (χ0n) is 40.4. The second-order valence-electron chi connectivity index (χ2n) is 15.6. The van der Waals surface area contributed by atoms with E-state index in [4.69, 9.17) is 70.1 Å². The molecule has 2 atom stereocenters. The Morgan fingerprint density at radius 2 is 1.08 bits per heavy atom. The fourth-order valence-corrected chi connectivity index (χ4v) is 8.52. The number of hydrogen-bond donors (Lipinski definition) is 6. The number of aryl methyl sites for hydroxylation is 1. The largest absolute Gasteiger partial charge is 0.495 e. The van der Waals surface area contributed by atoms with Gasteiger partial charge in [0.2, 0.25) is 11.8 Å². The molecule has 0 radical (unpaired) electrons. The molecule has 19 nitrogen and oxygen atoms in total. The molecule has 7 aromatic rings. The number of methoxy groups -OCH3 is 4. The van der Waals surface area contributed by atoms with Gasteiger partial charge in [-0.25, -0.2) is 29.9 Å². The molecule has 0 aliphatic carbocycles. The van der Waals surface area contributed by atoms with Crippen LogP contribution in [0.25, 0.3) is 22.5 Å². The molecule has 6 N–H and O–H groups in total. The predicted octanol–water partition coefficient (Wildman–Crippen LogP) is 10.9. The highest BCUT2D eigenvalue weighted by molar-refractivity contribution is 6.42. The number of ether oxygens (including phenoxy) is 5. The first-order valence-electron chi connectivity index (χ1n) is 22.2. The van der Waals surface area contributed by atoms with E-state index in [9.17, 15) is 9.59 Å². The lowest BCUT2D eigenvalue weighted by molar-refractivity contribution is -0.117. The molecule has 1 aliphatic rings. The maximum Gasteiger partial charge on any atom is 0.247 e. The van der Waals surface area contributed by atoms with Crippen molar-refractivity contribution in [2.75, 3.05) is 68.2 Å². The van der Waals surface area contributed by atoms with Gasteiger partial charge in [-0.3, -0.25) is 9.59 Å². The van der Waals surface area contributed by atoms with E-state index in [0.29, 0.717) is 105 Å². The van der Waals surface area contributed by atoms with Crippen molar-refractivity contribution in [1.29, 1.82) is 0 Å². The molecular weight excluding hydrogens is 1030 g/mol. The number of carbonyl (C=O) groups is 2. The lowest BCUT2D eigenvalue weighted by atomic mass is 10.1. The number of hydrogen-bond acceptors (Lipinski definition) is 17. The maximum absolute atomic E-state index is 11.9. The fourth-order valence-electron chi connectivity index (χ4n) is 7.33. The SMILES string of the molecule is C=CC(=O)N[C@H]1COC[C@H]1Nc1cc(-c2cccnc2Nc2c(Cl)c(OC)cc(OC)c2Cl)ncn1.C=CC(=O)Nc1cccc(C)c1Nc1cc(-c2cccnc2Nc2c(Cl)c(OC)cc(OC)c2Cl)ncn1. The molecule has 0 bridgehead atoms. The Balaban J connectivity index is 0.000000217. The summed E-state index contributed by atoms with van der Waals surface area (Å²) in [7, 11) is 6.01. The number of pyridine rings is 2. The Kier molecular flexibility index (Phi) is 18.3. The van der Waals surface area contributed by atoms with E-state index >= 15 is 0 Å². The van der Waals surface area contributed by atoms with Gasteiger partial charge in [0.05, 0.1) is 87.9 Å². The third-order valence-corrected chi connectivity index (χ3v) is 12.5. The van der Waals surface area contributed by atoms with Crippen LogP contribution in [-0.4, -0.2) is 95.5 Å². The Morgan fingerprint density at radius 3 is 1.58 bits per heavy atom. The molecule has 5 heterocycles. The topological polar surface area (TPSA) is 230 Å². The van der Waals surface area contributed by atoms with Crippen LogP contribution in [0.15, 0.2) is 117 Å².